The molecule has 0 radical (unpaired) electrons. The third kappa shape index (κ3) is 1.55. The molecule has 0 saturated carbocycles. The Balaban J connectivity index is 1.88. The van der Waals surface area contributed by atoms with Crippen molar-refractivity contribution in [2.45, 2.75) is 6.10 Å². The van der Waals surface area contributed by atoms with E-state index in [1.165, 1.54) is 0 Å². The summed E-state index contributed by atoms with van der Waals surface area (Å²) in [5, 5.41) is 20.9. The summed E-state index contributed by atoms with van der Waals surface area (Å²) >= 11 is 0. The van der Waals surface area contributed by atoms with Crippen molar-refractivity contribution in [1.29, 1.82) is 0 Å². The lowest BCUT2D eigenvalue weighted by Crippen LogP contribution is -2.06. The number of hydrogen-bond donors (Lipinski definition) is 2. The Morgan fingerprint density at radius 2 is 1.57 bits per heavy atom. The van der Waals surface area contributed by atoms with Crippen LogP contribution in [-0.4, -0.2) is 16.0 Å². The fourth-order valence-electron chi connectivity index (χ4n) is 3.05. The molecule has 102 valence electrons. The second kappa shape index (κ2) is 4.17. The van der Waals surface area contributed by atoms with Crippen LogP contribution in [0, 0.1) is 0 Å². The molecule has 4 rings (SSSR count). The first kappa shape index (κ1) is 12.1. The Labute approximate surface area is 121 Å². The zero-order valence-corrected chi connectivity index (χ0v) is 11.1. The molecule has 0 aliphatic heterocycles. The van der Waals surface area contributed by atoms with Crippen LogP contribution in [0.25, 0.3) is 11.8 Å². The molecule has 2 aromatic rings. The van der Waals surface area contributed by atoms with Crippen LogP contribution in [0.5, 0.6) is 0 Å². The van der Waals surface area contributed by atoms with Gasteiger partial charge >= 0.3 is 0 Å². The van der Waals surface area contributed by atoms with Crippen LogP contribution in [0.15, 0.2) is 59.7 Å². The van der Waals surface area contributed by atoms with Crippen LogP contribution in [-0.2, 0) is 0 Å². The number of aliphatic hydroxyl groups is 2. The molecule has 0 fully saturated rings. The average molecular weight is 276 g/mol. The van der Waals surface area contributed by atoms with Crippen LogP contribution in [0.2, 0.25) is 0 Å². The zero-order valence-electron chi connectivity index (χ0n) is 11.1. The van der Waals surface area contributed by atoms with Gasteiger partial charge in [-0.25, -0.2) is 0 Å². The van der Waals surface area contributed by atoms with Gasteiger partial charge in [-0.3, -0.25) is 4.79 Å². The first-order valence-electron chi connectivity index (χ1n) is 6.75. The number of carbonyl (C=O) groups is 1. The molecule has 3 heteroatoms. The molecule has 1 atom stereocenters. The van der Waals surface area contributed by atoms with Crippen molar-refractivity contribution in [3.63, 3.8) is 0 Å². The summed E-state index contributed by atoms with van der Waals surface area (Å²) in [6, 6.07) is 14.4. The van der Waals surface area contributed by atoms with E-state index in [0.29, 0.717) is 27.8 Å². The maximum Gasteiger partial charge on any atom is 0.194 e. The lowest BCUT2D eigenvalue weighted by Gasteiger charge is -2.09. The molecule has 2 aliphatic carbocycles. The van der Waals surface area contributed by atoms with Gasteiger partial charge in [-0.2, -0.15) is 0 Å². The Hall–Kier alpha value is -2.65. The molecule has 2 aliphatic rings. The fraction of sp³-hybridized carbons (Fsp3) is 0.0556. The molecule has 21 heavy (non-hydrogen) atoms. The number of ketones is 1. The van der Waals surface area contributed by atoms with Gasteiger partial charge in [0.25, 0.3) is 0 Å². The van der Waals surface area contributed by atoms with Crippen molar-refractivity contribution >= 4 is 17.6 Å². The topological polar surface area (TPSA) is 57.5 Å². The van der Waals surface area contributed by atoms with E-state index in [2.05, 4.69) is 0 Å². The molecule has 1 unspecified atom stereocenters. The number of aliphatic hydroxyl groups excluding tert-OH is 2. The summed E-state index contributed by atoms with van der Waals surface area (Å²) in [6.45, 7) is 0. The standard InChI is InChI=1S/C18H12O3/c19-16-11-6-2-1-5-10(11)9-14(16)15-17(20)12-7-3-4-8-13(12)18(15)21/h1-9,17,20-21H. The van der Waals surface area contributed by atoms with Crippen LogP contribution in [0.3, 0.4) is 0 Å². The number of carbonyl (C=O) groups excluding carboxylic acids is 1. The molecule has 3 nitrogen and oxygen atoms in total. The normalized spacial score (nSPS) is 19.6. The summed E-state index contributed by atoms with van der Waals surface area (Å²) < 4.78 is 0. The second-order valence-corrected chi connectivity index (χ2v) is 5.23. The Morgan fingerprint density at radius 1 is 0.905 bits per heavy atom. The first-order valence-corrected chi connectivity index (χ1v) is 6.75. The summed E-state index contributed by atoms with van der Waals surface area (Å²) in [5.41, 5.74) is 3.33. The number of hydrogen-bond acceptors (Lipinski definition) is 3. The molecule has 0 saturated heterocycles. The van der Waals surface area contributed by atoms with Crippen molar-refractivity contribution in [1.82, 2.24) is 0 Å². The average Bonchev–Trinajstić information content (AvgIpc) is 2.96. The minimum atomic E-state index is -0.967. The molecule has 2 N–H and O–H groups in total. The highest BCUT2D eigenvalue weighted by Gasteiger charge is 2.36. The third-order valence-corrected chi connectivity index (χ3v) is 4.08. The number of benzene rings is 2. The summed E-state index contributed by atoms with van der Waals surface area (Å²) in [5.74, 6) is -0.162. The monoisotopic (exact) mass is 276 g/mol. The molecule has 0 spiro atoms. The maximum atomic E-state index is 12.5. The lowest BCUT2D eigenvalue weighted by atomic mass is 9.98. The fourth-order valence-corrected chi connectivity index (χ4v) is 3.05. The smallest absolute Gasteiger partial charge is 0.194 e. The number of rotatable bonds is 1. The molecule has 0 heterocycles. The van der Waals surface area contributed by atoms with Crippen LogP contribution < -0.4 is 0 Å². The van der Waals surface area contributed by atoms with Crippen LogP contribution in [0.4, 0.5) is 0 Å². The van der Waals surface area contributed by atoms with Crippen molar-refractivity contribution < 1.29 is 15.0 Å². The lowest BCUT2D eigenvalue weighted by molar-refractivity contribution is 0.103. The van der Waals surface area contributed by atoms with Crippen molar-refractivity contribution in [2.75, 3.05) is 0 Å². The van der Waals surface area contributed by atoms with Gasteiger partial charge in [-0.05, 0) is 17.2 Å². The van der Waals surface area contributed by atoms with Crippen LogP contribution >= 0.6 is 0 Å². The van der Waals surface area contributed by atoms with Gasteiger partial charge < -0.3 is 10.2 Å². The SMILES string of the molecule is O=C1C(C2=C(O)c3ccccc3C2O)=Cc2ccccc21. The summed E-state index contributed by atoms with van der Waals surface area (Å²) in [7, 11) is 0. The molecular weight excluding hydrogens is 264 g/mol. The minimum Gasteiger partial charge on any atom is -0.507 e. The number of Topliss-reactive ketones (excluding diaryl/α,β-unsaturated/α-hetero) is 1. The van der Waals surface area contributed by atoms with Crippen molar-refractivity contribution in [2.24, 2.45) is 0 Å². The molecular formula is C18H12O3. The van der Waals surface area contributed by atoms with Crippen LogP contribution in [0.1, 0.15) is 33.2 Å². The van der Waals surface area contributed by atoms with E-state index in [-0.39, 0.29) is 11.5 Å². The van der Waals surface area contributed by atoms with E-state index >= 15 is 0 Å². The third-order valence-electron chi connectivity index (χ3n) is 4.08. The van der Waals surface area contributed by atoms with Gasteiger partial charge in [0, 0.05) is 22.3 Å². The quantitative estimate of drug-likeness (QED) is 0.840. The highest BCUT2D eigenvalue weighted by Crippen LogP contribution is 2.45. The first-order chi connectivity index (χ1) is 10.2. The predicted octanol–water partition coefficient (Wildman–Crippen LogP) is 3.28. The van der Waals surface area contributed by atoms with Gasteiger partial charge in [0.2, 0.25) is 0 Å². The Kier molecular flexibility index (Phi) is 2.41. The Bertz CT molecular complexity index is 843. The highest BCUT2D eigenvalue weighted by atomic mass is 16.3. The minimum absolute atomic E-state index is 0.00879. The molecule has 2 aromatic carbocycles. The summed E-state index contributed by atoms with van der Waals surface area (Å²) in [6.07, 6.45) is 0.768. The number of fused-ring (bicyclic) bond motifs is 2. The molecule has 0 amide bonds. The van der Waals surface area contributed by atoms with Gasteiger partial charge in [0.05, 0.1) is 0 Å². The molecule has 0 aromatic heterocycles. The molecule has 0 bridgehead atoms. The second-order valence-electron chi connectivity index (χ2n) is 5.23. The van der Waals surface area contributed by atoms with Gasteiger partial charge in [-0.15, -0.1) is 0 Å². The van der Waals surface area contributed by atoms with E-state index in [4.69, 9.17) is 0 Å². The Morgan fingerprint density at radius 3 is 2.29 bits per heavy atom. The van der Waals surface area contributed by atoms with E-state index in [1.807, 2.05) is 18.2 Å². The van der Waals surface area contributed by atoms with Crippen molar-refractivity contribution in [3.8, 4) is 0 Å². The van der Waals surface area contributed by atoms with Gasteiger partial charge in [0.1, 0.15) is 11.9 Å². The van der Waals surface area contributed by atoms with E-state index in [9.17, 15) is 15.0 Å². The summed E-state index contributed by atoms with van der Waals surface area (Å²) in [4.78, 5) is 12.5. The highest BCUT2D eigenvalue weighted by molar-refractivity contribution is 6.21. The van der Waals surface area contributed by atoms with E-state index in [0.717, 1.165) is 5.56 Å². The zero-order chi connectivity index (χ0) is 14.6. The van der Waals surface area contributed by atoms with E-state index in [1.54, 1.807) is 36.4 Å². The van der Waals surface area contributed by atoms with Crippen molar-refractivity contribution in [3.05, 3.63) is 81.9 Å². The van der Waals surface area contributed by atoms with Gasteiger partial charge in [0.15, 0.2) is 5.78 Å². The predicted molar refractivity (Wildman–Crippen MR) is 79.7 cm³/mol. The van der Waals surface area contributed by atoms with E-state index < -0.39 is 6.10 Å². The largest absolute Gasteiger partial charge is 0.507 e. The van der Waals surface area contributed by atoms with Gasteiger partial charge in [-0.1, -0.05) is 48.5 Å². The maximum absolute atomic E-state index is 12.5.